The molecule has 202 valence electrons. The third kappa shape index (κ3) is 4.64. The van der Waals surface area contributed by atoms with E-state index in [0.29, 0.717) is 16.5 Å². The van der Waals surface area contributed by atoms with Crippen molar-refractivity contribution in [2.24, 2.45) is 0 Å². The van der Waals surface area contributed by atoms with E-state index in [4.69, 9.17) is 25.5 Å². The second-order valence-corrected chi connectivity index (χ2v) is 9.91. The Morgan fingerprint density at radius 2 is 1.61 bits per heavy atom. The van der Waals surface area contributed by atoms with Crippen molar-refractivity contribution in [2.75, 3.05) is 4.90 Å². The van der Waals surface area contributed by atoms with Crippen LogP contribution in [0.5, 0.6) is 17.2 Å². The fourth-order valence-electron chi connectivity index (χ4n) is 4.58. The molecule has 0 aliphatic carbocycles. The van der Waals surface area contributed by atoms with Gasteiger partial charge in [0, 0.05) is 6.07 Å². The number of fused-ring (bicyclic) bond motifs is 2. The van der Waals surface area contributed by atoms with Crippen molar-refractivity contribution in [3.63, 3.8) is 0 Å². The molecule has 0 atom stereocenters. The highest BCUT2D eigenvalue weighted by Crippen LogP contribution is 2.33. The Hall–Kier alpha value is -5.21. The van der Waals surface area contributed by atoms with Crippen LogP contribution in [0.3, 0.4) is 0 Å². The van der Waals surface area contributed by atoms with E-state index >= 15 is 0 Å². The SMILES string of the molecule is Cc1ccc(C)c(N2C(=O)c3ccc(C(=O)Oc4ccc5c(=O)c(Oc6ccccc6Cl)coc5c4)cc3C2=O)c1. The summed E-state index contributed by atoms with van der Waals surface area (Å²) in [4.78, 5) is 53.4. The van der Waals surface area contributed by atoms with Gasteiger partial charge in [0.25, 0.3) is 11.8 Å². The van der Waals surface area contributed by atoms with Crippen LogP contribution < -0.4 is 19.8 Å². The molecule has 9 heteroatoms. The maximum atomic E-state index is 13.2. The summed E-state index contributed by atoms with van der Waals surface area (Å²) in [5.41, 5.74) is 2.31. The fraction of sp³-hybridized carbons (Fsp3) is 0.0625. The van der Waals surface area contributed by atoms with Crippen molar-refractivity contribution in [3.8, 4) is 17.2 Å². The van der Waals surface area contributed by atoms with Gasteiger partial charge in [0.1, 0.15) is 23.3 Å². The Morgan fingerprint density at radius 1 is 0.829 bits per heavy atom. The lowest BCUT2D eigenvalue weighted by Crippen LogP contribution is -2.30. The summed E-state index contributed by atoms with van der Waals surface area (Å²) in [7, 11) is 0. The zero-order valence-electron chi connectivity index (χ0n) is 21.8. The van der Waals surface area contributed by atoms with Crippen LogP contribution in [0.4, 0.5) is 5.69 Å². The smallest absolute Gasteiger partial charge is 0.343 e. The van der Waals surface area contributed by atoms with Crippen molar-refractivity contribution < 1.29 is 28.3 Å². The minimum absolute atomic E-state index is 0.0531. The molecule has 1 aliphatic heterocycles. The molecule has 2 amide bonds. The second kappa shape index (κ2) is 10.1. The summed E-state index contributed by atoms with van der Waals surface area (Å²) in [5, 5.41) is 0.549. The molecule has 8 nitrogen and oxygen atoms in total. The molecular weight excluding hydrogens is 546 g/mol. The van der Waals surface area contributed by atoms with E-state index in [2.05, 4.69) is 0 Å². The van der Waals surface area contributed by atoms with Crippen LogP contribution in [-0.2, 0) is 0 Å². The molecule has 6 rings (SSSR count). The van der Waals surface area contributed by atoms with Gasteiger partial charge in [0.15, 0.2) is 0 Å². The van der Waals surface area contributed by atoms with Gasteiger partial charge in [-0.2, -0.15) is 0 Å². The number of rotatable bonds is 5. The van der Waals surface area contributed by atoms with Crippen LogP contribution >= 0.6 is 11.6 Å². The van der Waals surface area contributed by atoms with E-state index in [0.717, 1.165) is 22.3 Å². The first-order chi connectivity index (χ1) is 19.7. The van der Waals surface area contributed by atoms with E-state index < -0.39 is 23.2 Å². The Balaban J connectivity index is 1.24. The molecule has 0 spiro atoms. The predicted molar refractivity (Wildman–Crippen MR) is 152 cm³/mol. The van der Waals surface area contributed by atoms with Gasteiger partial charge in [0.05, 0.1) is 32.8 Å². The van der Waals surface area contributed by atoms with E-state index in [1.54, 1.807) is 30.3 Å². The molecule has 0 fully saturated rings. The molecule has 0 unspecified atom stereocenters. The lowest BCUT2D eigenvalue weighted by molar-refractivity contribution is 0.0734. The number of carbonyl (C=O) groups is 3. The first-order valence-corrected chi connectivity index (χ1v) is 12.9. The van der Waals surface area contributed by atoms with E-state index in [-0.39, 0.29) is 39.2 Å². The van der Waals surface area contributed by atoms with Gasteiger partial charge in [-0.1, -0.05) is 35.9 Å². The third-order valence-corrected chi connectivity index (χ3v) is 7.02. The topological polar surface area (TPSA) is 103 Å². The standard InChI is InChI=1S/C32H20ClNO7/c1-17-7-8-18(2)25(13-17)34-30(36)21-11-9-19(14-23(21)31(34)37)32(38)40-20-10-12-22-27(15-20)39-16-28(29(22)35)41-26-6-4-3-5-24(26)33/h3-16H,1-2H3. The number of hydrogen-bond donors (Lipinski definition) is 0. The number of amides is 2. The van der Waals surface area contributed by atoms with E-state index in [1.807, 2.05) is 26.0 Å². The van der Waals surface area contributed by atoms with Crippen LogP contribution in [0, 0.1) is 13.8 Å². The van der Waals surface area contributed by atoms with Gasteiger partial charge < -0.3 is 13.9 Å². The predicted octanol–water partition coefficient (Wildman–Crippen LogP) is 6.88. The van der Waals surface area contributed by atoms with E-state index in [9.17, 15) is 19.2 Å². The van der Waals surface area contributed by atoms with Gasteiger partial charge >= 0.3 is 5.97 Å². The number of benzene rings is 4. The Bertz CT molecular complexity index is 1980. The van der Waals surface area contributed by atoms with E-state index in [1.165, 1.54) is 36.4 Å². The first kappa shape index (κ1) is 26.0. The molecule has 2 heterocycles. The summed E-state index contributed by atoms with van der Waals surface area (Å²) >= 11 is 6.11. The molecule has 1 aromatic heterocycles. The van der Waals surface area contributed by atoms with Gasteiger partial charge in [-0.05, 0) is 73.5 Å². The number of para-hydroxylation sites is 1. The number of ether oxygens (including phenoxy) is 2. The van der Waals surface area contributed by atoms with Crippen molar-refractivity contribution in [1.29, 1.82) is 0 Å². The molecule has 0 saturated carbocycles. The number of esters is 1. The minimum Gasteiger partial charge on any atom is -0.460 e. The molecule has 0 saturated heterocycles. The van der Waals surface area contributed by atoms with Gasteiger partial charge in [0.2, 0.25) is 11.2 Å². The molecule has 5 aromatic rings. The highest BCUT2D eigenvalue weighted by molar-refractivity contribution is 6.35. The van der Waals surface area contributed by atoms with Crippen molar-refractivity contribution in [3.05, 3.63) is 128 Å². The number of imide groups is 1. The van der Waals surface area contributed by atoms with Gasteiger partial charge in [-0.3, -0.25) is 14.4 Å². The highest BCUT2D eigenvalue weighted by atomic mass is 35.5. The number of carbonyl (C=O) groups excluding carboxylic acids is 3. The molecule has 0 N–H and O–H groups in total. The molecule has 0 bridgehead atoms. The maximum Gasteiger partial charge on any atom is 0.343 e. The van der Waals surface area contributed by atoms with Gasteiger partial charge in [-0.15, -0.1) is 0 Å². The normalized spacial score (nSPS) is 12.5. The van der Waals surface area contributed by atoms with Gasteiger partial charge in [-0.25, -0.2) is 9.69 Å². The quantitative estimate of drug-likeness (QED) is 0.130. The van der Waals surface area contributed by atoms with Crippen LogP contribution in [0.25, 0.3) is 11.0 Å². The molecule has 1 aliphatic rings. The number of hydrogen-bond acceptors (Lipinski definition) is 7. The zero-order valence-corrected chi connectivity index (χ0v) is 22.5. The summed E-state index contributed by atoms with van der Waals surface area (Å²) < 4.78 is 16.7. The lowest BCUT2D eigenvalue weighted by Gasteiger charge is -2.17. The van der Waals surface area contributed by atoms with Crippen molar-refractivity contribution >= 4 is 46.0 Å². The average Bonchev–Trinajstić information content (AvgIpc) is 3.21. The maximum absolute atomic E-state index is 13.2. The summed E-state index contributed by atoms with van der Waals surface area (Å²) in [6.45, 7) is 3.69. The summed E-state index contributed by atoms with van der Waals surface area (Å²) in [5.74, 6) is -1.36. The van der Waals surface area contributed by atoms with Crippen LogP contribution in [-0.4, -0.2) is 17.8 Å². The van der Waals surface area contributed by atoms with Crippen LogP contribution in [0.15, 0.2) is 94.3 Å². The Morgan fingerprint density at radius 3 is 2.41 bits per heavy atom. The second-order valence-electron chi connectivity index (χ2n) is 9.51. The number of halogens is 1. The highest BCUT2D eigenvalue weighted by Gasteiger charge is 2.38. The van der Waals surface area contributed by atoms with Crippen molar-refractivity contribution in [1.82, 2.24) is 0 Å². The molecule has 4 aromatic carbocycles. The van der Waals surface area contributed by atoms with Crippen LogP contribution in [0.2, 0.25) is 5.02 Å². The largest absolute Gasteiger partial charge is 0.460 e. The summed E-state index contributed by atoms with van der Waals surface area (Å²) in [6, 6.07) is 20.8. The van der Waals surface area contributed by atoms with Crippen molar-refractivity contribution in [2.45, 2.75) is 13.8 Å². The average molecular weight is 566 g/mol. The molecule has 41 heavy (non-hydrogen) atoms. The molecular formula is C32H20ClNO7. The Kier molecular flexibility index (Phi) is 6.40. The fourth-order valence-corrected chi connectivity index (χ4v) is 4.76. The Labute approximate surface area is 238 Å². The number of nitrogens with zero attached hydrogens (tertiary/aromatic N) is 1. The molecule has 0 radical (unpaired) electrons. The lowest BCUT2D eigenvalue weighted by atomic mass is 10.1. The number of anilines is 1. The van der Waals surface area contributed by atoms with Crippen LogP contribution in [0.1, 0.15) is 42.2 Å². The zero-order chi connectivity index (χ0) is 28.8. The summed E-state index contributed by atoms with van der Waals surface area (Å²) in [6.07, 6.45) is 1.16. The minimum atomic E-state index is -0.751. The number of aryl methyl sites for hydroxylation is 2. The monoisotopic (exact) mass is 565 g/mol. The first-order valence-electron chi connectivity index (χ1n) is 12.5. The third-order valence-electron chi connectivity index (χ3n) is 6.71.